The van der Waals surface area contributed by atoms with E-state index in [9.17, 15) is 0 Å². The van der Waals surface area contributed by atoms with E-state index < -0.39 is 0 Å². The van der Waals surface area contributed by atoms with Gasteiger partial charge in [0, 0.05) is 10.8 Å². The normalized spacial score (nSPS) is 11.7. The molecular formula is C38H32B8O. The first-order chi connectivity index (χ1) is 22.7. The van der Waals surface area contributed by atoms with Crippen LogP contribution < -0.4 is 43.7 Å². The lowest BCUT2D eigenvalue weighted by atomic mass is 9.59. The number of benzene rings is 7. The van der Waals surface area contributed by atoms with Crippen molar-refractivity contribution in [2.24, 2.45) is 0 Å². The van der Waals surface area contributed by atoms with Crippen molar-refractivity contribution in [3.8, 4) is 33.4 Å². The van der Waals surface area contributed by atoms with Crippen LogP contribution in [0.5, 0.6) is 0 Å². The molecule has 0 saturated carbocycles. The summed E-state index contributed by atoms with van der Waals surface area (Å²) in [6.45, 7) is 0. The number of fused-ring (bicyclic) bond motifs is 5. The average Bonchev–Trinajstić information content (AvgIpc) is 3.48. The number of rotatable bonds is 3. The van der Waals surface area contributed by atoms with Crippen molar-refractivity contribution in [2.75, 3.05) is 0 Å². The molecule has 0 spiro atoms. The Bertz CT molecular complexity index is 2530. The molecule has 214 valence electrons. The maximum atomic E-state index is 6.31. The SMILES string of the molecule is Bc1c(B)c(B)c2c(-c3ccccc3-c3ccccc3)c3c(B)c(B)c(B)c(B)c3c(-c3ccc4oc5ccccc5c4c3)c2c1B. The molecule has 8 aromatic rings. The Hall–Kier alpha value is -4.62. The van der Waals surface area contributed by atoms with Gasteiger partial charge >= 0.3 is 0 Å². The van der Waals surface area contributed by atoms with Gasteiger partial charge in [-0.1, -0.05) is 101 Å². The molecule has 1 nitrogen and oxygen atoms in total. The molecule has 1 heterocycles. The molecule has 0 atom stereocenters. The number of para-hydroxylation sites is 1. The van der Waals surface area contributed by atoms with E-state index in [1.165, 1.54) is 98.6 Å². The zero-order valence-corrected chi connectivity index (χ0v) is 28.6. The third-order valence-electron chi connectivity index (χ3n) is 11.3. The Labute approximate surface area is 283 Å². The maximum absolute atomic E-state index is 6.31. The summed E-state index contributed by atoms with van der Waals surface area (Å²) in [5, 5.41) is 7.75. The summed E-state index contributed by atoms with van der Waals surface area (Å²) in [5.41, 5.74) is 20.4. The van der Waals surface area contributed by atoms with E-state index in [4.69, 9.17) is 4.42 Å². The minimum Gasteiger partial charge on any atom is -0.456 e. The molecular weight excluding hydrogens is 559 g/mol. The summed E-state index contributed by atoms with van der Waals surface area (Å²) < 4.78 is 6.31. The molecule has 0 aliphatic carbocycles. The van der Waals surface area contributed by atoms with Crippen molar-refractivity contribution >= 4 is 150 Å². The van der Waals surface area contributed by atoms with Gasteiger partial charge < -0.3 is 4.42 Å². The fourth-order valence-corrected chi connectivity index (χ4v) is 8.14. The van der Waals surface area contributed by atoms with E-state index in [1.54, 1.807) is 0 Å². The first-order valence-electron chi connectivity index (χ1n) is 16.7. The van der Waals surface area contributed by atoms with E-state index in [1.807, 2.05) is 6.07 Å². The summed E-state index contributed by atoms with van der Waals surface area (Å²) in [6, 6.07) is 35.1. The highest BCUT2D eigenvalue weighted by atomic mass is 16.3. The lowest BCUT2D eigenvalue weighted by molar-refractivity contribution is 0.669. The molecule has 0 aliphatic heterocycles. The zero-order chi connectivity index (χ0) is 32.7. The summed E-state index contributed by atoms with van der Waals surface area (Å²) in [4.78, 5) is 0. The lowest BCUT2D eigenvalue weighted by Crippen LogP contribution is -2.50. The van der Waals surface area contributed by atoms with Crippen LogP contribution in [0.1, 0.15) is 0 Å². The van der Waals surface area contributed by atoms with Crippen molar-refractivity contribution in [2.45, 2.75) is 0 Å². The summed E-state index contributed by atoms with van der Waals surface area (Å²) in [7, 11) is 18.5. The van der Waals surface area contributed by atoms with Crippen LogP contribution in [0.2, 0.25) is 0 Å². The lowest BCUT2D eigenvalue weighted by Gasteiger charge is -2.28. The molecule has 0 fully saturated rings. The fraction of sp³-hybridized carbons (Fsp3) is 0. The average molecular weight is 591 g/mol. The Balaban J connectivity index is 1.66. The molecule has 7 aromatic carbocycles. The second-order valence-electron chi connectivity index (χ2n) is 13.5. The molecule has 1 aromatic heterocycles. The first kappa shape index (κ1) is 29.8. The minimum absolute atomic E-state index is 0.928. The smallest absolute Gasteiger partial charge is 0.139 e. The molecule has 0 unspecified atom stereocenters. The van der Waals surface area contributed by atoms with Crippen molar-refractivity contribution < 1.29 is 4.42 Å². The third kappa shape index (κ3) is 4.28. The van der Waals surface area contributed by atoms with Crippen LogP contribution in [-0.2, 0) is 0 Å². The van der Waals surface area contributed by atoms with E-state index in [2.05, 4.69) is 154 Å². The van der Waals surface area contributed by atoms with Crippen LogP contribution in [0.4, 0.5) is 0 Å². The Kier molecular flexibility index (Phi) is 6.95. The minimum atomic E-state index is 0.928. The van der Waals surface area contributed by atoms with Gasteiger partial charge in [-0.05, 0) is 73.1 Å². The van der Waals surface area contributed by atoms with Crippen LogP contribution in [0.25, 0.3) is 76.9 Å². The van der Waals surface area contributed by atoms with Crippen molar-refractivity contribution in [3.05, 3.63) is 97.1 Å². The standard InChI is InChI=1S/C38H32B8O/c39-31-27-25(18-14-15-24-22(16-18)20-11-6-7-13-23(20)47-24)28-30(34(42)38(46)36(44)32(28)40)26(29(27)33(41)37(45)35(31)43)21-12-5-4-10-19(21)17-8-2-1-3-9-17/h1-16H,39-46H2. The van der Waals surface area contributed by atoms with Crippen molar-refractivity contribution in [1.29, 1.82) is 0 Å². The number of hydrogen-bond acceptors (Lipinski definition) is 1. The molecule has 9 heteroatoms. The molecule has 0 bridgehead atoms. The number of hydrogen-bond donors (Lipinski definition) is 0. The highest BCUT2D eigenvalue weighted by Gasteiger charge is 2.26. The topological polar surface area (TPSA) is 13.1 Å². The zero-order valence-electron chi connectivity index (χ0n) is 28.6. The molecule has 0 amide bonds. The van der Waals surface area contributed by atoms with Crippen LogP contribution in [0.3, 0.4) is 0 Å². The first-order valence-corrected chi connectivity index (χ1v) is 16.7. The molecule has 8 rings (SSSR count). The Morgan fingerprint density at radius 3 is 1.40 bits per heavy atom. The second kappa shape index (κ2) is 11.0. The van der Waals surface area contributed by atoms with Gasteiger partial charge in [-0.25, -0.2) is 0 Å². The summed E-state index contributed by atoms with van der Waals surface area (Å²) in [5.74, 6) is 0. The quantitative estimate of drug-likeness (QED) is 0.158. The molecule has 0 aliphatic rings. The van der Waals surface area contributed by atoms with Gasteiger partial charge in [-0.15, -0.1) is 21.9 Å². The van der Waals surface area contributed by atoms with Gasteiger partial charge in [-0.3, -0.25) is 0 Å². The van der Waals surface area contributed by atoms with Gasteiger partial charge in [0.15, 0.2) is 0 Å². The molecule has 0 radical (unpaired) electrons. The van der Waals surface area contributed by atoms with E-state index in [-0.39, 0.29) is 0 Å². The van der Waals surface area contributed by atoms with Gasteiger partial charge in [-0.2, -0.15) is 0 Å². The summed E-state index contributed by atoms with van der Waals surface area (Å²) in [6.07, 6.45) is 0. The van der Waals surface area contributed by atoms with Crippen LogP contribution >= 0.6 is 0 Å². The molecule has 47 heavy (non-hydrogen) atoms. The van der Waals surface area contributed by atoms with Gasteiger partial charge in [0.25, 0.3) is 0 Å². The van der Waals surface area contributed by atoms with Crippen molar-refractivity contribution in [1.82, 2.24) is 0 Å². The third-order valence-corrected chi connectivity index (χ3v) is 11.3. The monoisotopic (exact) mass is 592 g/mol. The van der Waals surface area contributed by atoms with E-state index in [0.29, 0.717) is 0 Å². The van der Waals surface area contributed by atoms with E-state index in [0.717, 1.165) is 21.9 Å². The largest absolute Gasteiger partial charge is 0.456 e. The molecule has 0 saturated heterocycles. The predicted octanol–water partition coefficient (Wildman–Crippen LogP) is -3.04. The Morgan fingerprint density at radius 2 is 0.809 bits per heavy atom. The van der Waals surface area contributed by atoms with Gasteiger partial charge in [0.05, 0.1) is 0 Å². The highest BCUT2D eigenvalue weighted by molar-refractivity contribution is 6.71. The van der Waals surface area contributed by atoms with Gasteiger partial charge in [0.1, 0.15) is 73.9 Å². The van der Waals surface area contributed by atoms with Crippen molar-refractivity contribution in [3.63, 3.8) is 0 Å². The number of furan rings is 1. The predicted molar refractivity (Wildman–Crippen MR) is 230 cm³/mol. The highest BCUT2D eigenvalue weighted by Crippen LogP contribution is 2.44. The summed E-state index contributed by atoms with van der Waals surface area (Å²) >= 11 is 0. The van der Waals surface area contributed by atoms with E-state index >= 15 is 0 Å². The molecule has 0 N–H and O–H groups in total. The van der Waals surface area contributed by atoms with Gasteiger partial charge in [0.2, 0.25) is 0 Å². The fourth-order valence-electron chi connectivity index (χ4n) is 8.14. The second-order valence-corrected chi connectivity index (χ2v) is 13.5. The van der Waals surface area contributed by atoms with Crippen LogP contribution in [0.15, 0.2) is 101 Å². The van der Waals surface area contributed by atoms with Crippen LogP contribution in [0, 0.1) is 0 Å². The van der Waals surface area contributed by atoms with Crippen LogP contribution in [-0.4, -0.2) is 62.8 Å². The maximum Gasteiger partial charge on any atom is 0.139 e. The Morgan fingerprint density at radius 1 is 0.340 bits per heavy atom.